The molecule has 0 aliphatic carbocycles. The Hall–Kier alpha value is -1.42. The van der Waals surface area contributed by atoms with E-state index >= 15 is 0 Å². The van der Waals surface area contributed by atoms with Crippen molar-refractivity contribution in [3.8, 4) is 0 Å². The Bertz CT molecular complexity index is 485. The first-order valence-electron chi connectivity index (χ1n) is 6.58. The number of ether oxygens (including phenoxy) is 1. The van der Waals surface area contributed by atoms with Crippen molar-refractivity contribution in [3.05, 3.63) is 35.1 Å². The molecule has 1 aromatic carbocycles. The third kappa shape index (κ3) is 3.53. The quantitative estimate of drug-likeness (QED) is 0.893. The first-order valence-corrected chi connectivity index (χ1v) is 6.58. The Balaban J connectivity index is 2.04. The molecule has 1 aliphatic rings. The average Bonchev–Trinajstić information content (AvgIpc) is 2.27. The van der Waals surface area contributed by atoms with E-state index in [1.54, 1.807) is 13.0 Å². The molecule has 1 N–H and O–H groups in total. The second-order valence-electron chi connectivity index (χ2n) is 5.75. The summed E-state index contributed by atoms with van der Waals surface area (Å²) < 4.78 is 19.3. The molecule has 1 saturated heterocycles. The monoisotopic (exact) mass is 265 g/mol. The van der Waals surface area contributed by atoms with Crippen LogP contribution in [0.2, 0.25) is 0 Å². The van der Waals surface area contributed by atoms with Crippen LogP contribution in [0.5, 0.6) is 0 Å². The molecule has 0 saturated carbocycles. The fourth-order valence-electron chi connectivity index (χ4n) is 2.42. The number of hydrogen-bond donors (Lipinski definition) is 1. The second kappa shape index (κ2) is 5.29. The van der Waals surface area contributed by atoms with Crippen LogP contribution in [0.25, 0.3) is 0 Å². The highest BCUT2D eigenvalue weighted by Crippen LogP contribution is 2.24. The first-order chi connectivity index (χ1) is 8.87. The molecule has 0 spiro atoms. The SMILES string of the molecule is Cc1ccc(C(=O)NC2CCOC(C)(C)C2)c(F)c1. The molecule has 1 aromatic rings. The van der Waals surface area contributed by atoms with E-state index in [1.807, 2.05) is 13.8 Å². The highest BCUT2D eigenvalue weighted by Gasteiger charge is 2.30. The molecule has 1 heterocycles. The van der Waals surface area contributed by atoms with Gasteiger partial charge >= 0.3 is 0 Å². The smallest absolute Gasteiger partial charge is 0.254 e. The Labute approximate surface area is 113 Å². The van der Waals surface area contributed by atoms with Crippen LogP contribution in [0.15, 0.2) is 18.2 Å². The van der Waals surface area contributed by atoms with Crippen LogP contribution in [0.4, 0.5) is 4.39 Å². The zero-order valence-electron chi connectivity index (χ0n) is 11.6. The Kier molecular flexibility index (Phi) is 3.90. The van der Waals surface area contributed by atoms with E-state index in [9.17, 15) is 9.18 Å². The van der Waals surface area contributed by atoms with Crippen molar-refractivity contribution in [1.29, 1.82) is 0 Å². The highest BCUT2D eigenvalue weighted by molar-refractivity contribution is 5.94. The van der Waals surface area contributed by atoms with Gasteiger partial charge in [0.2, 0.25) is 0 Å². The molecule has 1 amide bonds. The van der Waals surface area contributed by atoms with Crippen molar-refractivity contribution < 1.29 is 13.9 Å². The zero-order valence-corrected chi connectivity index (χ0v) is 11.6. The van der Waals surface area contributed by atoms with Gasteiger partial charge in [-0.05, 0) is 51.3 Å². The zero-order chi connectivity index (χ0) is 14.0. The van der Waals surface area contributed by atoms with Gasteiger partial charge in [-0.2, -0.15) is 0 Å². The minimum Gasteiger partial charge on any atom is -0.375 e. The maximum Gasteiger partial charge on any atom is 0.254 e. The van der Waals surface area contributed by atoms with Crippen molar-refractivity contribution in [3.63, 3.8) is 0 Å². The fourth-order valence-corrected chi connectivity index (χ4v) is 2.42. The van der Waals surface area contributed by atoms with Crippen LogP contribution in [0, 0.1) is 12.7 Å². The summed E-state index contributed by atoms with van der Waals surface area (Å²) in [5.41, 5.74) is 0.679. The number of hydrogen-bond acceptors (Lipinski definition) is 2. The van der Waals surface area contributed by atoms with Crippen molar-refractivity contribution in [2.24, 2.45) is 0 Å². The summed E-state index contributed by atoms with van der Waals surface area (Å²) in [6, 6.07) is 4.69. The maximum atomic E-state index is 13.7. The van der Waals surface area contributed by atoms with Crippen molar-refractivity contribution in [2.45, 2.75) is 45.3 Å². The average molecular weight is 265 g/mol. The van der Waals surface area contributed by atoms with E-state index in [-0.39, 0.29) is 23.1 Å². The molecule has 19 heavy (non-hydrogen) atoms. The molecular formula is C15H20FNO2. The van der Waals surface area contributed by atoms with Gasteiger partial charge in [-0.1, -0.05) is 6.07 Å². The molecular weight excluding hydrogens is 245 g/mol. The second-order valence-corrected chi connectivity index (χ2v) is 5.75. The summed E-state index contributed by atoms with van der Waals surface area (Å²) in [6.07, 6.45) is 1.51. The van der Waals surface area contributed by atoms with Gasteiger partial charge < -0.3 is 10.1 Å². The molecule has 104 valence electrons. The van der Waals surface area contributed by atoms with Crippen molar-refractivity contribution >= 4 is 5.91 Å². The van der Waals surface area contributed by atoms with Gasteiger partial charge in [0.15, 0.2) is 0 Å². The minimum atomic E-state index is -0.469. The summed E-state index contributed by atoms with van der Waals surface area (Å²) in [6.45, 7) is 6.41. The molecule has 2 rings (SSSR count). The van der Waals surface area contributed by atoms with Crippen LogP contribution in [0.3, 0.4) is 0 Å². The van der Waals surface area contributed by atoms with Gasteiger partial charge in [-0.3, -0.25) is 4.79 Å². The molecule has 1 aliphatic heterocycles. The number of carbonyl (C=O) groups is 1. The Morgan fingerprint density at radius 1 is 1.47 bits per heavy atom. The van der Waals surface area contributed by atoms with Crippen LogP contribution >= 0.6 is 0 Å². The summed E-state index contributed by atoms with van der Waals surface area (Å²) in [5, 5.41) is 2.89. The van der Waals surface area contributed by atoms with Crippen LogP contribution in [-0.4, -0.2) is 24.2 Å². The predicted octanol–water partition coefficient (Wildman–Crippen LogP) is 2.82. The topological polar surface area (TPSA) is 38.3 Å². The van der Waals surface area contributed by atoms with Gasteiger partial charge in [0.05, 0.1) is 11.2 Å². The third-order valence-corrected chi connectivity index (χ3v) is 3.40. The highest BCUT2D eigenvalue weighted by atomic mass is 19.1. The number of carbonyl (C=O) groups excluding carboxylic acids is 1. The lowest BCUT2D eigenvalue weighted by Gasteiger charge is -2.35. The van der Waals surface area contributed by atoms with Gasteiger partial charge in [0.25, 0.3) is 5.91 Å². The normalized spacial score (nSPS) is 22.0. The van der Waals surface area contributed by atoms with Gasteiger partial charge in [-0.25, -0.2) is 4.39 Å². The summed E-state index contributed by atoms with van der Waals surface area (Å²) in [7, 11) is 0. The van der Waals surface area contributed by atoms with Crippen LogP contribution in [0.1, 0.15) is 42.6 Å². The minimum absolute atomic E-state index is 0.0388. The van der Waals surface area contributed by atoms with Gasteiger partial charge in [-0.15, -0.1) is 0 Å². The van der Waals surface area contributed by atoms with Crippen molar-refractivity contribution in [1.82, 2.24) is 5.32 Å². The number of aryl methyl sites for hydroxylation is 1. The summed E-state index contributed by atoms with van der Waals surface area (Å²) in [5.74, 6) is -0.816. The number of halogens is 1. The molecule has 3 nitrogen and oxygen atoms in total. The van der Waals surface area contributed by atoms with E-state index in [0.29, 0.717) is 6.61 Å². The number of amides is 1. The molecule has 0 bridgehead atoms. The first kappa shape index (κ1) is 14.0. The van der Waals surface area contributed by atoms with Crippen LogP contribution < -0.4 is 5.32 Å². The van der Waals surface area contributed by atoms with E-state index in [4.69, 9.17) is 4.74 Å². The summed E-state index contributed by atoms with van der Waals surface area (Å²) in [4.78, 5) is 12.1. The van der Waals surface area contributed by atoms with Crippen LogP contribution in [-0.2, 0) is 4.74 Å². The summed E-state index contributed by atoms with van der Waals surface area (Å²) >= 11 is 0. The Morgan fingerprint density at radius 2 is 2.21 bits per heavy atom. The number of benzene rings is 1. The van der Waals surface area contributed by atoms with Gasteiger partial charge in [0.1, 0.15) is 5.82 Å². The largest absolute Gasteiger partial charge is 0.375 e. The maximum absolute atomic E-state index is 13.7. The van der Waals surface area contributed by atoms with Gasteiger partial charge in [0, 0.05) is 12.6 Å². The molecule has 4 heteroatoms. The lowest BCUT2D eigenvalue weighted by atomic mass is 9.93. The van der Waals surface area contributed by atoms with E-state index in [1.165, 1.54) is 12.1 Å². The predicted molar refractivity (Wildman–Crippen MR) is 71.7 cm³/mol. The van der Waals surface area contributed by atoms with E-state index < -0.39 is 5.82 Å². The Morgan fingerprint density at radius 3 is 2.84 bits per heavy atom. The fraction of sp³-hybridized carbons (Fsp3) is 0.533. The third-order valence-electron chi connectivity index (χ3n) is 3.40. The molecule has 0 aromatic heterocycles. The van der Waals surface area contributed by atoms with E-state index in [0.717, 1.165) is 18.4 Å². The molecule has 1 atom stereocenters. The van der Waals surface area contributed by atoms with Crippen molar-refractivity contribution in [2.75, 3.05) is 6.61 Å². The number of rotatable bonds is 2. The molecule has 0 radical (unpaired) electrons. The lowest BCUT2D eigenvalue weighted by molar-refractivity contribution is -0.0615. The standard InChI is InChI=1S/C15H20FNO2/c1-10-4-5-12(13(16)8-10)14(18)17-11-6-7-19-15(2,3)9-11/h4-5,8,11H,6-7,9H2,1-3H3,(H,17,18). The molecule has 1 fully saturated rings. The molecule has 1 unspecified atom stereocenters. The van der Waals surface area contributed by atoms with E-state index in [2.05, 4.69) is 5.32 Å². The lowest BCUT2D eigenvalue weighted by Crippen LogP contribution is -2.45. The number of nitrogens with one attached hydrogen (secondary N) is 1.